The van der Waals surface area contributed by atoms with E-state index < -0.39 is 47.9 Å². The van der Waals surface area contributed by atoms with Crippen molar-refractivity contribution in [2.75, 3.05) is 17.8 Å². The Bertz CT molecular complexity index is 1300. The number of benzene rings is 2. The smallest absolute Gasteiger partial charge is 0.326 e. The number of amides is 3. The summed E-state index contributed by atoms with van der Waals surface area (Å²) in [6, 6.07) is 12.3. The fourth-order valence-corrected chi connectivity index (χ4v) is 4.83. The molecule has 0 bridgehead atoms. The lowest BCUT2D eigenvalue weighted by Gasteiger charge is -2.25. The minimum atomic E-state index is -1.21. The average Bonchev–Trinajstić information content (AvgIpc) is 3.36. The number of para-hydroxylation sites is 1. The van der Waals surface area contributed by atoms with E-state index in [0.717, 1.165) is 22.0 Å². The fraction of sp³-hybridized carbons (Fsp3) is 0.357. The van der Waals surface area contributed by atoms with E-state index in [1.165, 1.54) is 11.8 Å². The summed E-state index contributed by atoms with van der Waals surface area (Å²) >= 11 is 5.56. The normalized spacial score (nSPS) is 14.1. The second-order valence-electron chi connectivity index (χ2n) is 9.35. The van der Waals surface area contributed by atoms with E-state index in [1.54, 1.807) is 30.5 Å². The Morgan fingerprint density at radius 2 is 1.52 bits per heavy atom. The summed E-state index contributed by atoms with van der Waals surface area (Å²) in [5.74, 6) is -2.26. The van der Waals surface area contributed by atoms with E-state index in [1.807, 2.05) is 36.6 Å². The van der Waals surface area contributed by atoms with Gasteiger partial charge in [0.25, 0.3) is 0 Å². The van der Waals surface area contributed by atoms with Crippen LogP contribution >= 0.6 is 24.4 Å². The zero-order valence-corrected chi connectivity index (χ0v) is 23.8. The van der Waals surface area contributed by atoms with Crippen LogP contribution in [0.4, 0.5) is 0 Å². The molecule has 3 aromatic rings. The highest BCUT2D eigenvalue weighted by atomic mass is 32.2. The third-order valence-corrected chi connectivity index (χ3v) is 7.44. The highest BCUT2D eigenvalue weighted by molar-refractivity contribution is 7.98. The first kappa shape index (κ1) is 31.1. The predicted molar refractivity (Wildman–Crippen MR) is 160 cm³/mol. The molecule has 3 amide bonds. The van der Waals surface area contributed by atoms with E-state index >= 15 is 0 Å². The number of aromatic amines is 1. The number of nitrogens with one attached hydrogen (secondary N) is 4. The molecule has 0 radical (unpaired) electrons. The van der Waals surface area contributed by atoms with Gasteiger partial charge in [-0.05, 0) is 35.6 Å². The summed E-state index contributed by atoms with van der Waals surface area (Å²) in [6.45, 7) is 0. The van der Waals surface area contributed by atoms with E-state index in [0.29, 0.717) is 12.2 Å². The largest absolute Gasteiger partial charge is 0.480 e. The summed E-state index contributed by atoms with van der Waals surface area (Å²) in [5.41, 5.74) is 8.16. The minimum absolute atomic E-state index is 0.0731. The molecule has 0 aliphatic rings. The molecule has 12 heteroatoms. The summed E-state index contributed by atoms with van der Waals surface area (Å²) in [6.07, 6.45) is 4.12. The first-order valence-corrected chi connectivity index (χ1v) is 14.8. The molecule has 40 heavy (non-hydrogen) atoms. The van der Waals surface area contributed by atoms with Gasteiger partial charge in [0.05, 0.1) is 6.04 Å². The molecule has 0 fully saturated rings. The molecule has 7 N–H and O–H groups in total. The van der Waals surface area contributed by atoms with Crippen molar-refractivity contribution in [2.24, 2.45) is 5.73 Å². The van der Waals surface area contributed by atoms with Gasteiger partial charge in [0.1, 0.15) is 18.1 Å². The number of thiol groups is 1. The number of hydrogen-bond acceptors (Lipinski definition) is 7. The van der Waals surface area contributed by atoms with Gasteiger partial charge in [-0.1, -0.05) is 48.5 Å². The molecule has 1 heterocycles. The van der Waals surface area contributed by atoms with Crippen LogP contribution in [0, 0.1) is 0 Å². The van der Waals surface area contributed by atoms with Crippen LogP contribution in [0.1, 0.15) is 17.5 Å². The first-order valence-electron chi connectivity index (χ1n) is 12.8. The average molecular weight is 586 g/mol. The zero-order valence-electron chi connectivity index (χ0n) is 22.1. The number of thioether (sulfide) groups is 1. The van der Waals surface area contributed by atoms with Gasteiger partial charge >= 0.3 is 5.97 Å². The molecule has 0 saturated carbocycles. The lowest BCUT2D eigenvalue weighted by Crippen LogP contribution is -2.58. The van der Waals surface area contributed by atoms with Crippen molar-refractivity contribution < 1.29 is 24.3 Å². The lowest BCUT2D eigenvalue weighted by molar-refractivity contribution is -0.142. The Morgan fingerprint density at radius 3 is 2.20 bits per heavy atom. The molecular weight excluding hydrogens is 550 g/mol. The van der Waals surface area contributed by atoms with Crippen molar-refractivity contribution in [3.63, 3.8) is 0 Å². The number of carboxylic acid groups (broad SMARTS) is 1. The SMILES string of the molecule is CSCCC(NC(=O)C(N)CS)C(=O)NC(Cc1c[nH]c2ccccc12)C(=O)NC(Cc1ccccc1)C(=O)O. The van der Waals surface area contributed by atoms with Gasteiger partial charge in [-0.25, -0.2) is 4.79 Å². The van der Waals surface area contributed by atoms with Crippen molar-refractivity contribution in [3.8, 4) is 0 Å². The predicted octanol–water partition coefficient (Wildman–Crippen LogP) is 1.50. The number of rotatable bonds is 15. The maximum atomic E-state index is 13.5. The molecule has 0 aliphatic carbocycles. The van der Waals surface area contributed by atoms with Crippen molar-refractivity contribution in [1.29, 1.82) is 0 Å². The second kappa shape index (κ2) is 15.3. The van der Waals surface area contributed by atoms with Gasteiger partial charge in [-0.3, -0.25) is 14.4 Å². The number of fused-ring (bicyclic) bond motifs is 1. The monoisotopic (exact) mass is 585 g/mol. The highest BCUT2D eigenvalue weighted by Crippen LogP contribution is 2.19. The van der Waals surface area contributed by atoms with Crippen LogP contribution in [0.25, 0.3) is 10.9 Å². The van der Waals surface area contributed by atoms with Crippen molar-refractivity contribution in [2.45, 2.75) is 43.4 Å². The summed E-state index contributed by atoms with van der Waals surface area (Å²) < 4.78 is 0. The van der Waals surface area contributed by atoms with E-state index in [-0.39, 0.29) is 18.6 Å². The molecule has 214 valence electrons. The standard InChI is InChI=1S/C28H35N5O5S2/c1-40-12-11-22(31-25(34)20(29)16-39)26(35)32-23(14-18-15-30-21-10-6-5-9-19(18)21)27(36)33-24(28(37)38)13-17-7-3-2-4-8-17/h2-10,15,20,22-24,30,39H,11-14,16,29H2,1H3,(H,31,34)(H,32,35)(H,33,36)(H,37,38). The van der Waals surface area contributed by atoms with Crippen LogP contribution in [-0.4, -0.2) is 75.7 Å². The fourth-order valence-electron chi connectivity index (χ4n) is 4.19. The maximum absolute atomic E-state index is 13.5. The third-order valence-electron chi connectivity index (χ3n) is 6.41. The number of aromatic nitrogens is 1. The number of carbonyl (C=O) groups is 4. The van der Waals surface area contributed by atoms with Gasteiger partial charge in [-0.2, -0.15) is 24.4 Å². The van der Waals surface area contributed by atoms with E-state index in [2.05, 4.69) is 33.6 Å². The topological polar surface area (TPSA) is 166 Å². The van der Waals surface area contributed by atoms with Crippen LogP contribution in [0.3, 0.4) is 0 Å². The molecule has 10 nitrogen and oxygen atoms in total. The molecular formula is C28H35N5O5S2. The number of carboxylic acids is 1. The Kier molecular flexibility index (Phi) is 11.9. The van der Waals surface area contributed by atoms with Gasteiger partial charge < -0.3 is 31.8 Å². The Morgan fingerprint density at radius 1 is 0.900 bits per heavy atom. The van der Waals surface area contributed by atoms with Gasteiger partial charge in [0.2, 0.25) is 17.7 Å². The molecule has 0 aliphatic heterocycles. The quantitative estimate of drug-likeness (QED) is 0.133. The van der Waals surface area contributed by atoms with Crippen molar-refractivity contribution >= 4 is 59.0 Å². The lowest BCUT2D eigenvalue weighted by atomic mass is 10.0. The number of hydrogen-bond donors (Lipinski definition) is 7. The van der Waals surface area contributed by atoms with Crippen molar-refractivity contribution in [1.82, 2.24) is 20.9 Å². The zero-order chi connectivity index (χ0) is 29.1. The van der Waals surface area contributed by atoms with E-state index in [9.17, 15) is 24.3 Å². The molecule has 0 saturated heterocycles. The summed E-state index contributed by atoms with van der Waals surface area (Å²) in [4.78, 5) is 54.6. The van der Waals surface area contributed by atoms with Crippen LogP contribution in [0.15, 0.2) is 60.8 Å². The molecule has 3 rings (SSSR count). The molecule has 2 aromatic carbocycles. The number of nitrogens with two attached hydrogens (primary N) is 1. The van der Waals surface area contributed by atoms with Crippen LogP contribution in [0.2, 0.25) is 0 Å². The minimum Gasteiger partial charge on any atom is -0.480 e. The van der Waals surface area contributed by atoms with Gasteiger partial charge in [0.15, 0.2) is 0 Å². The first-order chi connectivity index (χ1) is 19.2. The molecule has 4 atom stereocenters. The highest BCUT2D eigenvalue weighted by Gasteiger charge is 2.31. The van der Waals surface area contributed by atoms with Crippen molar-refractivity contribution in [3.05, 3.63) is 71.9 Å². The Balaban J connectivity index is 1.85. The Hall–Kier alpha value is -3.48. The summed E-state index contributed by atoms with van der Waals surface area (Å²) in [7, 11) is 0. The molecule has 0 spiro atoms. The second-order valence-corrected chi connectivity index (χ2v) is 10.7. The van der Waals surface area contributed by atoms with Gasteiger partial charge in [-0.15, -0.1) is 0 Å². The van der Waals surface area contributed by atoms with E-state index in [4.69, 9.17) is 5.73 Å². The Labute approximate surface area is 242 Å². The third kappa shape index (κ3) is 8.77. The molecule has 1 aromatic heterocycles. The number of aliphatic carboxylic acids is 1. The van der Waals surface area contributed by atoms with Crippen LogP contribution < -0.4 is 21.7 Å². The van der Waals surface area contributed by atoms with Crippen LogP contribution in [0.5, 0.6) is 0 Å². The summed E-state index contributed by atoms with van der Waals surface area (Å²) in [5, 5.41) is 18.7. The van der Waals surface area contributed by atoms with Gasteiger partial charge in [0, 0.05) is 35.7 Å². The number of carbonyl (C=O) groups excluding carboxylic acids is 3. The van der Waals surface area contributed by atoms with Crippen LogP contribution in [-0.2, 0) is 32.0 Å². The number of H-pyrrole nitrogens is 1. The molecule has 4 unspecified atom stereocenters. The maximum Gasteiger partial charge on any atom is 0.326 e.